The molecule has 0 N–H and O–H groups in total. The van der Waals surface area contributed by atoms with E-state index in [1.54, 1.807) is 0 Å². The molecule has 0 spiro atoms. The molecule has 0 bridgehead atoms. The Labute approximate surface area is 116 Å². The van der Waals surface area contributed by atoms with Gasteiger partial charge < -0.3 is 4.74 Å². The van der Waals surface area contributed by atoms with E-state index >= 15 is 0 Å². The fourth-order valence-electron chi connectivity index (χ4n) is 2.06. The first-order valence-electron chi connectivity index (χ1n) is 6.99. The Bertz CT molecular complexity index is 422. The lowest BCUT2D eigenvalue weighted by molar-refractivity contribution is 0.0720. The van der Waals surface area contributed by atoms with E-state index < -0.39 is 0 Å². The van der Waals surface area contributed by atoms with Crippen LogP contribution < -0.4 is 0 Å². The van der Waals surface area contributed by atoms with Crippen molar-refractivity contribution in [2.45, 2.75) is 26.4 Å². The van der Waals surface area contributed by atoms with Crippen molar-refractivity contribution < 1.29 is 4.74 Å². The lowest BCUT2D eigenvalue weighted by Gasteiger charge is -2.19. The highest BCUT2D eigenvalue weighted by Crippen LogP contribution is 2.26. The van der Waals surface area contributed by atoms with Gasteiger partial charge in [-0.25, -0.2) is 0 Å². The third kappa shape index (κ3) is 4.22. The molecule has 0 radical (unpaired) electrons. The van der Waals surface area contributed by atoms with Crippen molar-refractivity contribution in [3.05, 3.63) is 71.8 Å². The van der Waals surface area contributed by atoms with Gasteiger partial charge in [0.15, 0.2) is 0 Å². The Kier molecular flexibility index (Phi) is 5.17. The van der Waals surface area contributed by atoms with Crippen molar-refractivity contribution in [3.8, 4) is 0 Å². The highest BCUT2D eigenvalue weighted by atomic mass is 16.5. The Balaban J connectivity index is 2.14. The summed E-state index contributed by atoms with van der Waals surface area (Å²) in [6, 6.07) is 20.9. The molecule has 0 atom stereocenters. The van der Waals surface area contributed by atoms with Crippen LogP contribution in [0.5, 0.6) is 0 Å². The van der Waals surface area contributed by atoms with E-state index in [1.807, 2.05) is 12.1 Å². The predicted molar refractivity (Wildman–Crippen MR) is 80.1 cm³/mol. The van der Waals surface area contributed by atoms with E-state index in [0.29, 0.717) is 5.92 Å². The van der Waals surface area contributed by atoms with Crippen LogP contribution in [-0.2, 0) is 4.74 Å². The summed E-state index contributed by atoms with van der Waals surface area (Å²) in [5, 5.41) is 0. The zero-order valence-electron chi connectivity index (χ0n) is 11.8. The standard InChI is InChI=1S/C18H22O/c1-15(2)13-14-19-18(16-9-5-3-6-10-16)17-11-7-4-8-12-17/h3-12,15,18H,13-14H2,1-2H3. The zero-order valence-corrected chi connectivity index (χ0v) is 11.8. The molecule has 1 heteroatoms. The van der Waals surface area contributed by atoms with Gasteiger partial charge in [-0.1, -0.05) is 74.5 Å². The van der Waals surface area contributed by atoms with Crippen molar-refractivity contribution in [2.24, 2.45) is 5.92 Å². The van der Waals surface area contributed by atoms with Gasteiger partial charge in [0.25, 0.3) is 0 Å². The molecule has 0 saturated heterocycles. The monoisotopic (exact) mass is 254 g/mol. The number of rotatable bonds is 6. The highest BCUT2D eigenvalue weighted by molar-refractivity contribution is 5.29. The van der Waals surface area contributed by atoms with E-state index in [2.05, 4.69) is 62.4 Å². The largest absolute Gasteiger partial charge is 0.369 e. The van der Waals surface area contributed by atoms with E-state index in [1.165, 1.54) is 11.1 Å². The van der Waals surface area contributed by atoms with Crippen molar-refractivity contribution in [1.29, 1.82) is 0 Å². The van der Waals surface area contributed by atoms with E-state index in [0.717, 1.165) is 13.0 Å². The topological polar surface area (TPSA) is 9.23 Å². The van der Waals surface area contributed by atoms with E-state index in [4.69, 9.17) is 4.74 Å². The smallest absolute Gasteiger partial charge is 0.108 e. The second kappa shape index (κ2) is 7.10. The SMILES string of the molecule is CC(C)CCOC(c1ccccc1)c1ccccc1. The molecule has 0 aliphatic rings. The van der Waals surface area contributed by atoms with Crippen LogP contribution in [0.2, 0.25) is 0 Å². The van der Waals surface area contributed by atoms with E-state index in [-0.39, 0.29) is 6.10 Å². The molecule has 0 aliphatic carbocycles. The van der Waals surface area contributed by atoms with Crippen LogP contribution in [0.25, 0.3) is 0 Å². The summed E-state index contributed by atoms with van der Waals surface area (Å²) < 4.78 is 6.13. The van der Waals surface area contributed by atoms with Crippen molar-refractivity contribution in [1.82, 2.24) is 0 Å². The highest BCUT2D eigenvalue weighted by Gasteiger charge is 2.14. The molecule has 0 amide bonds. The van der Waals surface area contributed by atoms with Crippen LogP contribution in [0, 0.1) is 5.92 Å². The van der Waals surface area contributed by atoms with Gasteiger partial charge in [-0.15, -0.1) is 0 Å². The van der Waals surface area contributed by atoms with E-state index in [9.17, 15) is 0 Å². The number of ether oxygens (including phenoxy) is 1. The fourth-order valence-corrected chi connectivity index (χ4v) is 2.06. The molecule has 0 aromatic heterocycles. The van der Waals surface area contributed by atoms with Gasteiger partial charge in [-0.3, -0.25) is 0 Å². The molecule has 2 aromatic rings. The van der Waals surface area contributed by atoms with Crippen molar-refractivity contribution >= 4 is 0 Å². The van der Waals surface area contributed by atoms with Gasteiger partial charge in [0.2, 0.25) is 0 Å². The van der Waals surface area contributed by atoms with Gasteiger partial charge >= 0.3 is 0 Å². The first-order valence-corrected chi connectivity index (χ1v) is 6.99. The third-order valence-corrected chi connectivity index (χ3v) is 3.18. The average Bonchev–Trinajstić information content (AvgIpc) is 2.45. The molecular formula is C18H22O. The molecule has 0 unspecified atom stereocenters. The maximum Gasteiger partial charge on any atom is 0.108 e. The lowest BCUT2D eigenvalue weighted by Crippen LogP contribution is -2.08. The van der Waals surface area contributed by atoms with Crippen LogP contribution in [0.1, 0.15) is 37.5 Å². The van der Waals surface area contributed by atoms with Crippen LogP contribution in [0.4, 0.5) is 0 Å². The van der Waals surface area contributed by atoms with Crippen LogP contribution in [0.15, 0.2) is 60.7 Å². The summed E-state index contributed by atoms with van der Waals surface area (Å²) in [6.45, 7) is 5.25. The Morgan fingerprint density at radius 3 is 1.68 bits per heavy atom. The minimum atomic E-state index is 0.0427. The van der Waals surface area contributed by atoms with Crippen LogP contribution in [-0.4, -0.2) is 6.61 Å². The van der Waals surface area contributed by atoms with Gasteiger partial charge in [-0.05, 0) is 23.5 Å². The molecule has 2 aromatic carbocycles. The quantitative estimate of drug-likeness (QED) is 0.716. The molecule has 0 aliphatic heterocycles. The van der Waals surface area contributed by atoms with Gasteiger partial charge in [0.1, 0.15) is 6.10 Å². The summed E-state index contributed by atoms with van der Waals surface area (Å²) in [6.07, 6.45) is 1.14. The van der Waals surface area contributed by atoms with Crippen molar-refractivity contribution in [3.63, 3.8) is 0 Å². The molecule has 100 valence electrons. The fraction of sp³-hybridized carbons (Fsp3) is 0.333. The summed E-state index contributed by atoms with van der Waals surface area (Å²) >= 11 is 0. The summed E-state index contributed by atoms with van der Waals surface area (Å²) in [5.41, 5.74) is 2.44. The minimum absolute atomic E-state index is 0.0427. The Morgan fingerprint density at radius 1 is 0.789 bits per heavy atom. The van der Waals surface area contributed by atoms with Gasteiger partial charge in [-0.2, -0.15) is 0 Å². The molecule has 0 heterocycles. The molecular weight excluding hydrogens is 232 g/mol. The summed E-state index contributed by atoms with van der Waals surface area (Å²) in [4.78, 5) is 0. The second-order valence-corrected chi connectivity index (χ2v) is 5.25. The number of benzene rings is 2. The van der Waals surface area contributed by atoms with Gasteiger partial charge in [0.05, 0.1) is 0 Å². The average molecular weight is 254 g/mol. The molecule has 2 rings (SSSR count). The van der Waals surface area contributed by atoms with Crippen LogP contribution >= 0.6 is 0 Å². The summed E-state index contributed by atoms with van der Waals surface area (Å²) in [5.74, 6) is 0.673. The lowest BCUT2D eigenvalue weighted by atomic mass is 10.0. The van der Waals surface area contributed by atoms with Crippen molar-refractivity contribution in [2.75, 3.05) is 6.61 Å². The first kappa shape index (κ1) is 13.8. The van der Waals surface area contributed by atoms with Gasteiger partial charge in [0, 0.05) is 6.61 Å². The molecule has 19 heavy (non-hydrogen) atoms. The maximum absolute atomic E-state index is 6.13. The predicted octanol–water partition coefficient (Wildman–Crippen LogP) is 4.84. The first-order chi connectivity index (χ1) is 9.27. The Morgan fingerprint density at radius 2 is 1.26 bits per heavy atom. The number of hydrogen-bond donors (Lipinski definition) is 0. The normalized spacial score (nSPS) is 11.2. The molecule has 0 saturated carbocycles. The second-order valence-electron chi connectivity index (χ2n) is 5.25. The maximum atomic E-state index is 6.13. The molecule has 0 fully saturated rings. The molecule has 1 nitrogen and oxygen atoms in total. The summed E-state index contributed by atoms with van der Waals surface area (Å²) in [7, 11) is 0. The number of hydrogen-bond acceptors (Lipinski definition) is 1. The third-order valence-electron chi connectivity index (χ3n) is 3.18. The zero-order chi connectivity index (χ0) is 13.5. The van der Waals surface area contributed by atoms with Crippen LogP contribution in [0.3, 0.4) is 0 Å². The minimum Gasteiger partial charge on any atom is -0.369 e. The Hall–Kier alpha value is -1.60.